The van der Waals surface area contributed by atoms with E-state index in [2.05, 4.69) is 0 Å². The van der Waals surface area contributed by atoms with Gasteiger partial charge in [0.15, 0.2) is 11.5 Å². The SMILES string of the molecule is CCOc1c(OC)cc(N)cc1C(=O)O. The molecule has 0 aliphatic heterocycles. The van der Waals surface area contributed by atoms with Gasteiger partial charge in [-0.1, -0.05) is 0 Å². The van der Waals surface area contributed by atoms with Gasteiger partial charge >= 0.3 is 5.97 Å². The molecule has 0 saturated carbocycles. The Bertz CT molecular complexity index is 376. The van der Waals surface area contributed by atoms with Crippen molar-refractivity contribution in [2.24, 2.45) is 0 Å². The Balaban J connectivity index is 3.33. The van der Waals surface area contributed by atoms with Crippen LogP contribution in [-0.4, -0.2) is 24.8 Å². The molecule has 0 heterocycles. The number of nitrogens with two attached hydrogens (primary N) is 1. The highest BCUT2D eigenvalue weighted by Gasteiger charge is 2.17. The number of ether oxygens (including phenoxy) is 2. The zero-order chi connectivity index (χ0) is 11.4. The molecule has 0 bridgehead atoms. The Morgan fingerprint density at radius 3 is 2.67 bits per heavy atom. The number of nitrogen functional groups attached to an aromatic ring is 1. The summed E-state index contributed by atoms with van der Waals surface area (Å²) in [6, 6.07) is 2.87. The maximum Gasteiger partial charge on any atom is 0.339 e. The normalized spacial score (nSPS) is 9.73. The zero-order valence-corrected chi connectivity index (χ0v) is 8.61. The van der Waals surface area contributed by atoms with Gasteiger partial charge in [-0.3, -0.25) is 0 Å². The van der Waals surface area contributed by atoms with E-state index in [0.29, 0.717) is 18.0 Å². The maximum absolute atomic E-state index is 10.9. The van der Waals surface area contributed by atoms with Crippen molar-refractivity contribution in [3.05, 3.63) is 17.7 Å². The lowest BCUT2D eigenvalue weighted by molar-refractivity contribution is 0.0692. The van der Waals surface area contributed by atoms with E-state index in [-0.39, 0.29) is 11.3 Å². The second kappa shape index (κ2) is 4.54. The van der Waals surface area contributed by atoms with E-state index in [0.717, 1.165) is 0 Å². The van der Waals surface area contributed by atoms with Gasteiger partial charge < -0.3 is 20.3 Å². The summed E-state index contributed by atoms with van der Waals surface area (Å²) >= 11 is 0. The molecule has 5 heteroatoms. The Hall–Kier alpha value is -1.91. The van der Waals surface area contributed by atoms with Crippen molar-refractivity contribution >= 4 is 11.7 Å². The van der Waals surface area contributed by atoms with Gasteiger partial charge in [-0.2, -0.15) is 0 Å². The van der Waals surface area contributed by atoms with Crippen molar-refractivity contribution < 1.29 is 19.4 Å². The first-order chi connectivity index (χ1) is 7.10. The first-order valence-corrected chi connectivity index (χ1v) is 4.43. The molecule has 0 amide bonds. The minimum absolute atomic E-state index is 0.00806. The second-order valence-corrected chi connectivity index (χ2v) is 2.84. The van der Waals surface area contributed by atoms with E-state index in [9.17, 15) is 4.79 Å². The zero-order valence-electron chi connectivity index (χ0n) is 8.61. The quantitative estimate of drug-likeness (QED) is 0.735. The van der Waals surface area contributed by atoms with E-state index in [1.165, 1.54) is 19.2 Å². The average Bonchev–Trinajstić information content (AvgIpc) is 2.19. The lowest BCUT2D eigenvalue weighted by Crippen LogP contribution is -2.06. The molecule has 0 saturated heterocycles. The molecule has 0 unspecified atom stereocenters. The number of hydrogen-bond acceptors (Lipinski definition) is 4. The van der Waals surface area contributed by atoms with E-state index in [4.69, 9.17) is 20.3 Å². The van der Waals surface area contributed by atoms with Crippen LogP contribution in [0.1, 0.15) is 17.3 Å². The molecule has 5 nitrogen and oxygen atoms in total. The molecule has 1 rings (SSSR count). The first-order valence-electron chi connectivity index (χ1n) is 4.43. The number of anilines is 1. The van der Waals surface area contributed by atoms with Crippen LogP contribution in [0.4, 0.5) is 5.69 Å². The molecule has 0 aliphatic rings. The summed E-state index contributed by atoms with van der Waals surface area (Å²) in [6.07, 6.45) is 0. The largest absolute Gasteiger partial charge is 0.493 e. The Morgan fingerprint density at radius 1 is 1.53 bits per heavy atom. The van der Waals surface area contributed by atoms with Crippen molar-refractivity contribution in [3.8, 4) is 11.5 Å². The monoisotopic (exact) mass is 211 g/mol. The molecular formula is C10H13NO4. The Morgan fingerprint density at radius 2 is 2.20 bits per heavy atom. The second-order valence-electron chi connectivity index (χ2n) is 2.84. The summed E-state index contributed by atoms with van der Waals surface area (Å²) in [4.78, 5) is 10.9. The van der Waals surface area contributed by atoms with Gasteiger partial charge in [0.1, 0.15) is 5.56 Å². The Labute approximate surface area is 87.4 Å². The molecule has 0 radical (unpaired) electrons. The van der Waals surface area contributed by atoms with E-state index >= 15 is 0 Å². The van der Waals surface area contributed by atoms with Crippen LogP contribution in [0.2, 0.25) is 0 Å². The number of carboxylic acids is 1. The molecule has 82 valence electrons. The number of rotatable bonds is 4. The van der Waals surface area contributed by atoms with Crippen LogP contribution >= 0.6 is 0 Å². The molecule has 1 aromatic rings. The predicted molar refractivity (Wildman–Crippen MR) is 55.5 cm³/mol. The molecule has 15 heavy (non-hydrogen) atoms. The van der Waals surface area contributed by atoms with Gasteiger partial charge in [0.25, 0.3) is 0 Å². The fourth-order valence-corrected chi connectivity index (χ4v) is 1.23. The number of hydrogen-bond donors (Lipinski definition) is 2. The van der Waals surface area contributed by atoms with Crippen LogP contribution in [0, 0.1) is 0 Å². The fourth-order valence-electron chi connectivity index (χ4n) is 1.23. The molecule has 0 fully saturated rings. The van der Waals surface area contributed by atoms with Crippen molar-refractivity contribution in [3.63, 3.8) is 0 Å². The van der Waals surface area contributed by atoms with Crippen LogP contribution in [0.5, 0.6) is 11.5 Å². The van der Waals surface area contributed by atoms with Gasteiger partial charge in [-0.25, -0.2) is 4.79 Å². The predicted octanol–water partition coefficient (Wildman–Crippen LogP) is 1.37. The summed E-state index contributed by atoms with van der Waals surface area (Å²) in [5.41, 5.74) is 5.87. The van der Waals surface area contributed by atoms with Crippen LogP contribution in [-0.2, 0) is 0 Å². The van der Waals surface area contributed by atoms with Crippen LogP contribution < -0.4 is 15.2 Å². The van der Waals surface area contributed by atoms with Crippen molar-refractivity contribution in [2.45, 2.75) is 6.92 Å². The summed E-state index contributed by atoms with van der Waals surface area (Å²) in [6.45, 7) is 2.13. The lowest BCUT2D eigenvalue weighted by atomic mass is 10.1. The van der Waals surface area contributed by atoms with Crippen LogP contribution in [0.25, 0.3) is 0 Å². The molecule has 0 spiro atoms. The summed E-state index contributed by atoms with van der Waals surface area (Å²) in [7, 11) is 1.43. The first kappa shape index (κ1) is 11.2. The van der Waals surface area contributed by atoms with Crippen LogP contribution in [0.15, 0.2) is 12.1 Å². The number of carbonyl (C=O) groups is 1. The Kier molecular flexibility index (Phi) is 3.38. The number of carboxylic acid groups (broad SMARTS) is 1. The highest BCUT2D eigenvalue weighted by atomic mass is 16.5. The highest BCUT2D eigenvalue weighted by Crippen LogP contribution is 2.33. The van der Waals surface area contributed by atoms with Gasteiger partial charge in [0.05, 0.1) is 13.7 Å². The van der Waals surface area contributed by atoms with Crippen molar-refractivity contribution in [1.82, 2.24) is 0 Å². The van der Waals surface area contributed by atoms with Crippen molar-refractivity contribution in [1.29, 1.82) is 0 Å². The van der Waals surface area contributed by atoms with Gasteiger partial charge in [-0.15, -0.1) is 0 Å². The molecule has 1 aromatic carbocycles. The molecular weight excluding hydrogens is 198 g/mol. The third-order valence-corrected chi connectivity index (χ3v) is 1.82. The molecule has 0 aliphatic carbocycles. The average molecular weight is 211 g/mol. The van der Waals surface area contributed by atoms with E-state index in [1.54, 1.807) is 6.92 Å². The van der Waals surface area contributed by atoms with Crippen molar-refractivity contribution in [2.75, 3.05) is 19.5 Å². The number of aromatic carboxylic acids is 1. The van der Waals surface area contributed by atoms with Gasteiger partial charge in [-0.05, 0) is 13.0 Å². The third-order valence-electron chi connectivity index (χ3n) is 1.82. The van der Waals surface area contributed by atoms with Gasteiger partial charge in [0, 0.05) is 11.8 Å². The summed E-state index contributed by atoms with van der Waals surface area (Å²) in [5.74, 6) is -0.556. The molecule has 0 atom stereocenters. The lowest BCUT2D eigenvalue weighted by Gasteiger charge is -2.12. The van der Waals surface area contributed by atoms with E-state index < -0.39 is 5.97 Å². The topological polar surface area (TPSA) is 81.8 Å². The van der Waals surface area contributed by atoms with Gasteiger partial charge in [0.2, 0.25) is 0 Å². The smallest absolute Gasteiger partial charge is 0.339 e. The summed E-state index contributed by atoms with van der Waals surface area (Å²) in [5, 5.41) is 8.95. The minimum Gasteiger partial charge on any atom is -0.493 e. The van der Waals surface area contributed by atoms with Crippen LogP contribution in [0.3, 0.4) is 0 Å². The minimum atomic E-state index is -1.09. The number of benzene rings is 1. The van der Waals surface area contributed by atoms with E-state index in [1.807, 2.05) is 0 Å². The number of methoxy groups -OCH3 is 1. The maximum atomic E-state index is 10.9. The summed E-state index contributed by atoms with van der Waals surface area (Å²) < 4.78 is 10.2. The molecule has 0 aromatic heterocycles. The fraction of sp³-hybridized carbons (Fsp3) is 0.300. The standard InChI is InChI=1S/C10H13NO4/c1-3-15-9-7(10(12)13)4-6(11)5-8(9)14-2/h4-5H,3,11H2,1-2H3,(H,12,13). The third kappa shape index (κ3) is 2.31. The highest BCUT2D eigenvalue weighted by molar-refractivity contribution is 5.93. The molecule has 3 N–H and O–H groups in total.